The van der Waals surface area contributed by atoms with Crippen molar-refractivity contribution in [3.8, 4) is 11.4 Å². The number of carbonyl (C=O) groups excluding carboxylic acids is 1. The minimum atomic E-state index is -0.326. The monoisotopic (exact) mass is 422 g/mol. The maximum Gasteiger partial charge on any atom is 0.231 e. The number of aromatic nitrogens is 2. The van der Waals surface area contributed by atoms with Crippen molar-refractivity contribution in [2.24, 2.45) is 0 Å². The summed E-state index contributed by atoms with van der Waals surface area (Å²) in [5.74, 6) is 0.819. The molecule has 1 amide bonds. The standard InChI is InChI=1S/C24H27FN4O2/c1-17(18-7-3-2-4-8-18)26-22(30)12-14-29-13-6-10-20(16-29)24-27-23(28-31-24)19-9-5-11-21(25)15-19/h2-5,7-9,11,15,17,20H,6,10,12-14,16H2,1H3,(H,26,30). The first-order valence-electron chi connectivity index (χ1n) is 10.7. The smallest absolute Gasteiger partial charge is 0.231 e. The summed E-state index contributed by atoms with van der Waals surface area (Å²) in [4.78, 5) is 19.2. The molecule has 31 heavy (non-hydrogen) atoms. The Labute approximate surface area is 181 Å². The molecule has 1 N–H and O–H groups in total. The number of benzene rings is 2. The third-order valence-corrected chi connectivity index (χ3v) is 5.71. The molecule has 0 saturated carbocycles. The topological polar surface area (TPSA) is 71.3 Å². The van der Waals surface area contributed by atoms with Crippen LogP contribution in [0.25, 0.3) is 11.4 Å². The first-order valence-corrected chi connectivity index (χ1v) is 10.7. The SMILES string of the molecule is CC(NC(=O)CCN1CCCC(c2nc(-c3cccc(F)c3)no2)C1)c1ccccc1. The van der Waals surface area contributed by atoms with Gasteiger partial charge in [-0.15, -0.1) is 0 Å². The van der Waals surface area contributed by atoms with Crippen molar-refractivity contribution in [2.45, 2.75) is 38.1 Å². The number of amides is 1. The van der Waals surface area contributed by atoms with Gasteiger partial charge in [-0.1, -0.05) is 47.6 Å². The molecule has 2 heterocycles. The molecule has 2 aromatic carbocycles. The third-order valence-electron chi connectivity index (χ3n) is 5.71. The van der Waals surface area contributed by atoms with Crippen LogP contribution in [0.4, 0.5) is 4.39 Å². The zero-order valence-corrected chi connectivity index (χ0v) is 17.6. The van der Waals surface area contributed by atoms with E-state index in [4.69, 9.17) is 4.52 Å². The number of hydrogen-bond donors (Lipinski definition) is 1. The van der Waals surface area contributed by atoms with E-state index in [-0.39, 0.29) is 23.7 Å². The molecule has 1 aliphatic rings. The lowest BCUT2D eigenvalue weighted by molar-refractivity contribution is -0.122. The Morgan fingerprint density at radius 1 is 1.26 bits per heavy atom. The molecule has 1 saturated heterocycles. The van der Waals surface area contributed by atoms with Crippen LogP contribution in [0.5, 0.6) is 0 Å². The van der Waals surface area contributed by atoms with E-state index in [2.05, 4.69) is 20.4 Å². The molecule has 4 rings (SSSR count). The number of piperidine rings is 1. The fourth-order valence-electron chi connectivity index (χ4n) is 4.00. The van der Waals surface area contributed by atoms with E-state index in [1.165, 1.54) is 12.1 Å². The molecule has 0 spiro atoms. The molecule has 2 unspecified atom stereocenters. The predicted molar refractivity (Wildman–Crippen MR) is 116 cm³/mol. The van der Waals surface area contributed by atoms with Gasteiger partial charge in [-0.3, -0.25) is 4.79 Å². The summed E-state index contributed by atoms with van der Waals surface area (Å²) in [7, 11) is 0. The average Bonchev–Trinajstić information content (AvgIpc) is 3.29. The molecule has 0 radical (unpaired) electrons. The second-order valence-electron chi connectivity index (χ2n) is 8.06. The van der Waals surface area contributed by atoms with Gasteiger partial charge in [-0.25, -0.2) is 4.39 Å². The van der Waals surface area contributed by atoms with Gasteiger partial charge in [0.15, 0.2) is 0 Å². The highest BCUT2D eigenvalue weighted by Crippen LogP contribution is 2.27. The number of nitrogens with one attached hydrogen (secondary N) is 1. The van der Waals surface area contributed by atoms with E-state index >= 15 is 0 Å². The van der Waals surface area contributed by atoms with Crippen LogP contribution in [0.3, 0.4) is 0 Å². The molecule has 7 heteroatoms. The molecule has 162 valence electrons. The Balaban J connectivity index is 1.29. The van der Waals surface area contributed by atoms with Gasteiger partial charge in [0, 0.05) is 25.1 Å². The number of carbonyl (C=O) groups is 1. The zero-order valence-electron chi connectivity index (χ0n) is 17.6. The summed E-state index contributed by atoms with van der Waals surface area (Å²) in [6, 6.07) is 16.1. The summed E-state index contributed by atoms with van der Waals surface area (Å²) in [6.45, 7) is 4.40. The molecule has 6 nitrogen and oxygen atoms in total. The summed E-state index contributed by atoms with van der Waals surface area (Å²) >= 11 is 0. The van der Waals surface area contributed by atoms with E-state index < -0.39 is 0 Å². The fourth-order valence-corrected chi connectivity index (χ4v) is 4.00. The minimum absolute atomic E-state index is 0.0116. The molecule has 1 fully saturated rings. The molecule has 2 atom stereocenters. The molecule has 3 aromatic rings. The number of rotatable bonds is 7. The van der Waals surface area contributed by atoms with Crippen LogP contribution in [-0.4, -0.2) is 40.6 Å². The van der Waals surface area contributed by atoms with Crippen LogP contribution in [0.2, 0.25) is 0 Å². The first kappa shape index (κ1) is 21.2. The summed E-state index contributed by atoms with van der Waals surface area (Å²) in [5.41, 5.74) is 1.70. The van der Waals surface area contributed by atoms with Crippen LogP contribution in [0.15, 0.2) is 59.1 Å². The highest BCUT2D eigenvalue weighted by atomic mass is 19.1. The van der Waals surface area contributed by atoms with Gasteiger partial charge in [-0.05, 0) is 44.0 Å². The molecular weight excluding hydrogens is 395 g/mol. The molecule has 1 aromatic heterocycles. The van der Waals surface area contributed by atoms with Gasteiger partial charge < -0.3 is 14.7 Å². The van der Waals surface area contributed by atoms with Crippen LogP contribution in [-0.2, 0) is 4.79 Å². The fraction of sp³-hybridized carbons (Fsp3) is 0.375. The van der Waals surface area contributed by atoms with E-state index in [0.29, 0.717) is 30.2 Å². The highest BCUT2D eigenvalue weighted by molar-refractivity contribution is 5.76. The van der Waals surface area contributed by atoms with E-state index in [9.17, 15) is 9.18 Å². The molecular formula is C24H27FN4O2. The van der Waals surface area contributed by atoms with Gasteiger partial charge in [0.05, 0.1) is 12.0 Å². The normalized spacial score (nSPS) is 17.9. The van der Waals surface area contributed by atoms with Crippen molar-refractivity contribution >= 4 is 5.91 Å². The Bertz CT molecular complexity index is 1010. The van der Waals surface area contributed by atoms with Crippen LogP contribution < -0.4 is 5.32 Å². The van der Waals surface area contributed by atoms with Crippen molar-refractivity contribution in [3.63, 3.8) is 0 Å². The van der Waals surface area contributed by atoms with Crippen LogP contribution in [0.1, 0.15) is 49.6 Å². The summed E-state index contributed by atoms with van der Waals surface area (Å²) in [5, 5.41) is 7.10. The first-order chi connectivity index (χ1) is 15.1. The van der Waals surface area contributed by atoms with Crippen molar-refractivity contribution in [1.29, 1.82) is 0 Å². The molecule has 0 bridgehead atoms. The van der Waals surface area contributed by atoms with Crippen molar-refractivity contribution in [2.75, 3.05) is 19.6 Å². The Morgan fingerprint density at radius 2 is 2.10 bits per heavy atom. The third kappa shape index (κ3) is 5.55. The van der Waals surface area contributed by atoms with Crippen molar-refractivity contribution in [1.82, 2.24) is 20.4 Å². The summed E-state index contributed by atoms with van der Waals surface area (Å²) < 4.78 is 19.0. The number of likely N-dealkylation sites (tertiary alicyclic amines) is 1. The molecule has 0 aliphatic carbocycles. The van der Waals surface area contributed by atoms with Crippen LogP contribution in [0, 0.1) is 5.82 Å². The van der Waals surface area contributed by atoms with Gasteiger partial charge in [-0.2, -0.15) is 4.98 Å². The lowest BCUT2D eigenvalue weighted by Crippen LogP contribution is -2.37. The maximum atomic E-state index is 13.5. The quantitative estimate of drug-likeness (QED) is 0.614. The van der Waals surface area contributed by atoms with Gasteiger partial charge in [0.2, 0.25) is 17.6 Å². The van der Waals surface area contributed by atoms with Crippen LogP contribution >= 0.6 is 0 Å². The second kappa shape index (κ2) is 9.83. The van der Waals surface area contributed by atoms with Gasteiger partial charge in [0.1, 0.15) is 5.82 Å². The van der Waals surface area contributed by atoms with E-state index in [1.807, 2.05) is 37.3 Å². The lowest BCUT2D eigenvalue weighted by atomic mass is 9.98. The Hall–Kier alpha value is -3.06. The van der Waals surface area contributed by atoms with Gasteiger partial charge in [0.25, 0.3) is 0 Å². The highest BCUT2D eigenvalue weighted by Gasteiger charge is 2.26. The largest absolute Gasteiger partial charge is 0.350 e. The average molecular weight is 423 g/mol. The number of hydrogen-bond acceptors (Lipinski definition) is 5. The van der Waals surface area contributed by atoms with E-state index in [1.54, 1.807) is 12.1 Å². The van der Waals surface area contributed by atoms with Crippen molar-refractivity contribution in [3.05, 3.63) is 71.9 Å². The molecule has 1 aliphatic heterocycles. The van der Waals surface area contributed by atoms with E-state index in [0.717, 1.165) is 31.5 Å². The van der Waals surface area contributed by atoms with Gasteiger partial charge >= 0.3 is 0 Å². The second-order valence-corrected chi connectivity index (χ2v) is 8.06. The Morgan fingerprint density at radius 3 is 2.90 bits per heavy atom. The minimum Gasteiger partial charge on any atom is -0.350 e. The maximum absolute atomic E-state index is 13.5. The number of nitrogens with zero attached hydrogens (tertiary/aromatic N) is 3. The summed E-state index contributed by atoms with van der Waals surface area (Å²) in [6.07, 6.45) is 2.41. The number of halogens is 1. The lowest BCUT2D eigenvalue weighted by Gasteiger charge is -2.30. The van der Waals surface area contributed by atoms with Crippen molar-refractivity contribution < 1.29 is 13.7 Å². The Kier molecular flexibility index (Phi) is 6.72. The zero-order chi connectivity index (χ0) is 21.6. The predicted octanol–water partition coefficient (Wildman–Crippen LogP) is 4.32.